The number of hydrogen-bond donors (Lipinski definition) is 0. The molecule has 0 aliphatic heterocycles. The third kappa shape index (κ3) is 8.74. The summed E-state index contributed by atoms with van der Waals surface area (Å²) >= 11 is 0. The average Bonchev–Trinajstić information content (AvgIpc) is 2.58. The van der Waals surface area contributed by atoms with Crippen molar-refractivity contribution in [1.29, 1.82) is 0 Å². The van der Waals surface area contributed by atoms with Gasteiger partial charge in [-0.25, -0.2) is 8.78 Å². The van der Waals surface area contributed by atoms with Crippen molar-refractivity contribution < 1.29 is 60.6 Å². The van der Waals surface area contributed by atoms with Crippen LogP contribution in [0.15, 0.2) is 60.7 Å². The molecule has 2 aromatic rings. The van der Waals surface area contributed by atoms with Crippen molar-refractivity contribution in [2.45, 2.75) is 24.4 Å². The van der Waals surface area contributed by atoms with Gasteiger partial charge in [-0.1, -0.05) is 0 Å². The van der Waals surface area contributed by atoms with E-state index in [2.05, 4.69) is 12.1 Å². The summed E-state index contributed by atoms with van der Waals surface area (Å²) in [6.07, 6.45) is -11.8. The summed E-state index contributed by atoms with van der Waals surface area (Å²) in [4.78, 5) is 0. The second-order valence-corrected chi connectivity index (χ2v) is 4.15. The molecule has 10 heteroatoms. The van der Waals surface area contributed by atoms with Crippen molar-refractivity contribution in [2.75, 3.05) is 0 Å². The van der Waals surface area contributed by atoms with Crippen LogP contribution >= 0.6 is 0 Å². The van der Waals surface area contributed by atoms with Crippen molar-refractivity contribution in [2.24, 2.45) is 0 Å². The quantitative estimate of drug-likeness (QED) is 0.311. The molecule has 0 atom stereocenters. The number of halogens is 9. The molecule has 0 aliphatic carbocycles. The van der Waals surface area contributed by atoms with Crippen LogP contribution in [0.2, 0.25) is 0 Å². The first-order valence-corrected chi connectivity index (χ1v) is 6.37. The Balaban J connectivity index is 0. The van der Waals surface area contributed by atoms with Crippen molar-refractivity contribution >= 4 is 0 Å². The van der Waals surface area contributed by atoms with Crippen molar-refractivity contribution in [3.63, 3.8) is 0 Å². The molecular weight excluding hydrogens is 547 g/mol. The van der Waals surface area contributed by atoms with Crippen LogP contribution in [-0.4, -0.2) is 24.4 Å². The number of benzene rings is 2. The van der Waals surface area contributed by atoms with E-state index in [1.807, 2.05) is 60.7 Å². The first-order chi connectivity index (χ1) is 11.4. The minimum absolute atomic E-state index is 0. The van der Waals surface area contributed by atoms with E-state index in [4.69, 9.17) is 0 Å². The van der Waals surface area contributed by atoms with E-state index >= 15 is 0 Å². The van der Waals surface area contributed by atoms with E-state index in [0.29, 0.717) is 0 Å². The predicted octanol–water partition coefficient (Wildman–Crippen LogP) is 6.06. The maximum atomic E-state index is 11.6. The molecule has 144 valence electrons. The normalized spacial score (nSPS) is 11.3. The van der Waals surface area contributed by atoms with Crippen molar-refractivity contribution in [3.8, 4) is 0 Å². The monoisotopic (exact) mass is 558 g/mol. The summed E-state index contributed by atoms with van der Waals surface area (Å²) in [5.41, 5.74) is 0. The second-order valence-electron chi connectivity index (χ2n) is 4.15. The average molecular weight is 558 g/mol. The molecule has 0 unspecified atom stereocenters. The Morgan fingerprint density at radius 2 is 0.885 bits per heavy atom. The Morgan fingerprint density at radius 1 is 0.577 bits per heavy atom. The van der Waals surface area contributed by atoms with Crippen LogP contribution in [0.4, 0.5) is 39.5 Å². The molecule has 0 bridgehead atoms. The van der Waals surface area contributed by atoms with Crippen LogP contribution in [-0.2, 0) is 21.1 Å². The molecule has 0 radical (unpaired) electrons. The molecule has 0 fully saturated rings. The zero-order valence-corrected chi connectivity index (χ0v) is 15.6. The van der Waals surface area contributed by atoms with Crippen LogP contribution in [0, 0.1) is 12.1 Å². The third-order valence-electron chi connectivity index (χ3n) is 2.26. The van der Waals surface area contributed by atoms with Gasteiger partial charge < -0.3 is 0 Å². The summed E-state index contributed by atoms with van der Waals surface area (Å²) in [5, 5.41) is 0. The molecule has 0 N–H and O–H groups in total. The molecule has 0 aromatic heterocycles. The first kappa shape index (κ1) is 26.7. The van der Waals surface area contributed by atoms with Gasteiger partial charge in [-0.15, -0.1) is 0 Å². The van der Waals surface area contributed by atoms with Gasteiger partial charge in [-0.3, -0.25) is 0 Å². The molecule has 0 nitrogen and oxygen atoms in total. The van der Waals surface area contributed by atoms with Gasteiger partial charge in [0.05, 0.1) is 0 Å². The van der Waals surface area contributed by atoms with E-state index in [-0.39, 0.29) is 21.1 Å². The fourth-order valence-electron chi connectivity index (χ4n) is 1.01. The number of alkyl halides is 9. The molecule has 2 aromatic carbocycles. The topological polar surface area (TPSA) is 0 Å². The summed E-state index contributed by atoms with van der Waals surface area (Å²) in [7, 11) is 0. The van der Waals surface area contributed by atoms with Crippen LogP contribution < -0.4 is 0 Å². The Kier molecular flexibility index (Phi) is 12.3. The molecule has 0 saturated carbocycles. The summed E-state index contributed by atoms with van der Waals surface area (Å²) in [5.74, 6) is -13.1. The molecule has 0 aliphatic rings. The van der Waals surface area contributed by atoms with E-state index < -0.39 is 24.4 Å². The van der Waals surface area contributed by atoms with Crippen LogP contribution in [0.1, 0.15) is 0 Å². The molecule has 26 heavy (non-hydrogen) atoms. The maximum Gasteiger partial charge on any atom is 2.00 e. The fourth-order valence-corrected chi connectivity index (χ4v) is 1.01. The SMILES string of the molecule is FC(F)C(F)(F)C(F)(F)C(F)(F)F.[W+2].[c-]1ccccc1.[c-]1ccccc1. The smallest absolute Gasteiger partial charge is 0.203 e. The first-order valence-electron chi connectivity index (χ1n) is 6.37. The maximum absolute atomic E-state index is 11.6. The third-order valence-corrected chi connectivity index (χ3v) is 2.26. The van der Waals surface area contributed by atoms with Gasteiger partial charge in [0, 0.05) is 0 Å². The van der Waals surface area contributed by atoms with Gasteiger partial charge in [-0.2, -0.15) is 104 Å². The molecule has 0 spiro atoms. The van der Waals surface area contributed by atoms with Gasteiger partial charge in [0.1, 0.15) is 0 Å². The van der Waals surface area contributed by atoms with E-state index in [1.54, 1.807) is 0 Å². The van der Waals surface area contributed by atoms with E-state index in [1.165, 1.54) is 0 Å². The van der Waals surface area contributed by atoms with Gasteiger partial charge in [0.15, 0.2) is 0 Å². The van der Waals surface area contributed by atoms with Crippen molar-refractivity contribution in [3.05, 3.63) is 72.8 Å². The fraction of sp³-hybridized carbons (Fsp3) is 0.250. The van der Waals surface area contributed by atoms with Crippen LogP contribution in [0.3, 0.4) is 0 Å². The zero-order valence-electron chi connectivity index (χ0n) is 12.7. The molecular formula is C16H11F9W. The minimum atomic E-state index is -6.73. The van der Waals surface area contributed by atoms with E-state index in [9.17, 15) is 39.5 Å². The van der Waals surface area contributed by atoms with Gasteiger partial charge >= 0.3 is 45.5 Å². The van der Waals surface area contributed by atoms with Crippen LogP contribution in [0.5, 0.6) is 0 Å². The van der Waals surface area contributed by atoms with Gasteiger partial charge in [-0.05, 0) is 0 Å². The molecule has 0 amide bonds. The zero-order chi connectivity index (χ0) is 19.6. The van der Waals surface area contributed by atoms with Gasteiger partial charge in [0.2, 0.25) is 0 Å². The summed E-state index contributed by atoms with van der Waals surface area (Å²) in [6, 6.07) is 25.0. The Labute approximate surface area is 158 Å². The predicted molar refractivity (Wildman–Crippen MR) is 72.5 cm³/mol. The Morgan fingerprint density at radius 3 is 0.962 bits per heavy atom. The molecule has 2 rings (SSSR count). The Hall–Kier alpha value is -1.50. The van der Waals surface area contributed by atoms with Crippen molar-refractivity contribution in [1.82, 2.24) is 0 Å². The molecule has 0 heterocycles. The van der Waals surface area contributed by atoms with Crippen LogP contribution in [0.25, 0.3) is 0 Å². The minimum Gasteiger partial charge on any atom is -0.203 e. The molecule has 0 saturated heterocycles. The second kappa shape index (κ2) is 12.0. The number of hydrogen-bond acceptors (Lipinski definition) is 0. The standard InChI is InChI=1S/2C6H5.C4HF9.W/c2*1-2-4-6-5-3-1;5-1(6)2(7,8)3(9,10)4(11,12)13;/h2*1-5H;1H;/q2*-1;;+2. The Bertz CT molecular complexity index is 472. The number of rotatable bonds is 2. The largest absolute Gasteiger partial charge is 2.00 e. The summed E-state index contributed by atoms with van der Waals surface area (Å²) < 4.78 is 102. The van der Waals surface area contributed by atoms with E-state index in [0.717, 1.165) is 0 Å². The van der Waals surface area contributed by atoms with Gasteiger partial charge in [0.25, 0.3) is 0 Å². The summed E-state index contributed by atoms with van der Waals surface area (Å²) in [6.45, 7) is 0.